The van der Waals surface area contributed by atoms with Crippen molar-refractivity contribution < 1.29 is 9.50 Å². The molecule has 0 spiro atoms. The third-order valence-electron chi connectivity index (χ3n) is 5.59. The molecule has 3 heterocycles. The van der Waals surface area contributed by atoms with Gasteiger partial charge in [0.15, 0.2) is 0 Å². The van der Waals surface area contributed by atoms with Crippen LogP contribution >= 0.6 is 11.3 Å². The SMILES string of the molecule is Oc1c([C@@H](c2ccc(F)cc2)N2CCN(Cc3ccccc3)CC2)sc2ncnn12. The predicted octanol–water partition coefficient (Wildman–Crippen LogP) is 3.54. The lowest BCUT2D eigenvalue weighted by Crippen LogP contribution is -2.47. The van der Waals surface area contributed by atoms with E-state index in [9.17, 15) is 9.50 Å². The first kappa shape index (κ1) is 19.2. The second-order valence-corrected chi connectivity index (χ2v) is 8.51. The summed E-state index contributed by atoms with van der Waals surface area (Å²) in [5, 5.41) is 14.9. The van der Waals surface area contributed by atoms with E-state index in [2.05, 4.69) is 44.1 Å². The number of thiazole rings is 1. The smallest absolute Gasteiger partial charge is 0.230 e. The highest BCUT2D eigenvalue weighted by molar-refractivity contribution is 7.17. The van der Waals surface area contributed by atoms with E-state index in [4.69, 9.17) is 0 Å². The molecule has 1 aliphatic heterocycles. The first-order valence-electron chi connectivity index (χ1n) is 9.96. The Bertz CT molecular complexity index is 1120. The van der Waals surface area contributed by atoms with E-state index in [0.29, 0.717) is 4.96 Å². The van der Waals surface area contributed by atoms with Crippen LogP contribution in [0.5, 0.6) is 5.88 Å². The minimum absolute atomic E-state index is 0.105. The van der Waals surface area contributed by atoms with Crippen molar-refractivity contribution in [2.24, 2.45) is 0 Å². The van der Waals surface area contributed by atoms with Crippen LogP contribution in [0, 0.1) is 5.82 Å². The monoisotopic (exact) mass is 423 g/mol. The van der Waals surface area contributed by atoms with Gasteiger partial charge in [0.2, 0.25) is 10.8 Å². The van der Waals surface area contributed by atoms with Crippen LogP contribution in [0.3, 0.4) is 0 Å². The number of halogens is 1. The van der Waals surface area contributed by atoms with E-state index in [0.717, 1.165) is 43.2 Å². The topological polar surface area (TPSA) is 56.9 Å². The van der Waals surface area contributed by atoms with Crippen molar-refractivity contribution in [3.05, 3.63) is 82.7 Å². The van der Waals surface area contributed by atoms with E-state index in [1.54, 1.807) is 12.1 Å². The summed E-state index contributed by atoms with van der Waals surface area (Å²) in [7, 11) is 0. The zero-order valence-corrected chi connectivity index (χ0v) is 17.2. The molecule has 0 radical (unpaired) electrons. The highest BCUT2D eigenvalue weighted by Crippen LogP contribution is 2.40. The maximum atomic E-state index is 13.6. The molecule has 154 valence electrons. The van der Waals surface area contributed by atoms with Crippen molar-refractivity contribution in [3.8, 4) is 5.88 Å². The Morgan fingerprint density at radius 2 is 1.73 bits per heavy atom. The van der Waals surface area contributed by atoms with Crippen LogP contribution in [0.25, 0.3) is 4.96 Å². The molecule has 1 saturated heterocycles. The minimum Gasteiger partial charge on any atom is -0.492 e. The number of nitrogens with zero attached hydrogens (tertiary/aromatic N) is 5. The van der Waals surface area contributed by atoms with Crippen molar-refractivity contribution in [2.75, 3.05) is 26.2 Å². The van der Waals surface area contributed by atoms with Gasteiger partial charge >= 0.3 is 0 Å². The summed E-state index contributed by atoms with van der Waals surface area (Å²) in [5.74, 6) is -0.161. The number of hydrogen-bond donors (Lipinski definition) is 1. The van der Waals surface area contributed by atoms with Gasteiger partial charge in [0.05, 0.1) is 10.9 Å². The van der Waals surface area contributed by atoms with Crippen LogP contribution in [-0.2, 0) is 6.54 Å². The molecule has 5 rings (SSSR count). The number of aromatic hydroxyl groups is 1. The van der Waals surface area contributed by atoms with Gasteiger partial charge in [-0.3, -0.25) is 9.80 Å². The number of piperazine rings is 1. The highest BCUT2D eigenvalue weighted by atomic mass is 32.1. The number of aromatic nitrogens is 3. The van der Waals surface area contributed by atoms with Crippen LogP contribution in [0.15, 0.2) is 60.9 Å². The quantitative estimate of drug-likeness (QED) is 0.532. The van der Waals surface area contributed by atoms with Gasteiger partial charge in [0.25, 0.3) is 0 Å². The Kier molecular flexibility index (Phi) is 5.20. The molecular weight excluding hydrogens is 401 g/mol. The normalized spacial score (nSPS) is 16.8. The fourth-order valence-electron chi connectivity index (χ4n) is 4.07. The largest absolute Gasteiger partial charge is 0.492 e. The molecule has 0 amide bonds. The molecule has 1 aliphatic rings. The van der Waals surface area contributed by atoms with Crippen molar-refractivity contribution in [1.82, 2.24) is 24.4 Å². The molecule has 2 aromatic carbocycles. The first-order chi connectivity index (χ1) is 14.7. The van der Waals surface area contributed by atoms with Gasteiger partial charge in [-0.25, -0.2) is 9.37 Å². The lowest BCUT2D eigenvalue weighted by molar-refractivity contribution is 0.105. The average molecular weight is 424 g/mol. The summed E-state index contributed by atoms with van der Waals surface area (Å²) in [6.45, 7) is 4.48. The van der Waals surface area contributed by atoms with Crippen molar-refractivity contribution in [1.29, 1.82) is 0 Å². The maximum Gasteiger partial charge on any atom is 0.230 e. The van der Waals surface area contributed by atoms with Crippen molar-refractivity contribution >= 4 is 16.3 Å². The Morgan fingerprint density at radius 1 is 1.00 bits per heavy atom. The van der Waals surface area contributed by atoms with Crippen LogP contribution in [0.1, 0.15) is 22.0 Å². The van der Waals surface area contributed by atoms with Crippen LogP contribution in [-0.4, -0.2) is 55.7 Å². The highest BCUT2D eigenvalue weighted by Gasteiger charge is 2.31. The van der Waals surface area contributed by atoms with E-state index < -0.39 is 0 Å². The van der Waals surface area contributed by atoms with Gasteiger partial charge in [-0.05, 0) is 23.3 Å². The average Bonchev–Trinajstić information content (AvgIpc) is 3.35. The molecule has 1 fully saturated rings. The second kappa shape index (κ2) is 8.14. The zero-order chi connectivity index (χ0) is 20.5. The molecule has 0 bridgehead atoms. The Hall–Kier alpha value is -2.81. The predicted molar refractivity (Wildman–Crippen MR) is 114 cm³/mol. The van der Waals surface area contributed by atoms with Gasteiger partial charge in [-0.15, -0.1) is 0 Å². The molecule has 1 atom stereocenters. The van der Waals surface area contributed by atoms with Crippen molar-refractivity contribution in [2.45, 2.75) is 12.6 Å². The van der Waals surface area contributed by atoms with Crippen LogP contribution in [0.2, 0.25) is 0 Å². The maximum absolute atomic E-state index is 13.6. The second-order valence-electron chi connectivity index (χ2n) is 7.50. The van der Waals surface area contributed by atoms with E-state index in [1.807, 2.05) is 6.07 Å². The molecule has 4 aromatic rings. The molecular formula is C22H22FN5OS. The molecule has 2 aromatic heterocycles. The van der Waals surface area contributed by atoms with Gasteiger partial charge < -0.3 is 5.11 Å². The molecule has 1 N–H and O–H groups in total. The number of fused-ring (bicyclic) bond motifs is 1. The van der Waals surface area contributed by atoms with E-state index >= 15 is 0 Å². The zero-order valence-electron chi connectivity index (χ0n) is 16.4. The summed E-state index contributed by atoms with van der Waals surface area (Å²) in [5.41, 5.74) is 2.26. The third kappa shape index (κ3) is 3.69. The van der Waals surface area contributed by atoms with Gasteiger partial charge in [-0.1, -0.05) is 53.8 Å². The van der Waals surface area contributed by atoms with Crippen LogP contribution in [0.4, 0.5) is 4.39 Å². The van der Waals surface area contributed by atoms with Gasteiger partial charge in [-0.2, -0.15) is 9.61 Å². The summed E-state index contributed by atoms with van der Waals surface area (Å²) < 4.78 is 15.0. The first-order valence-corrected chi connectivity index (χ1v) is 10.8. The van der Waals surface area contributed by atoms with Gasteiger partial charge in [0.1, 0.15) is 12.1 Å². The lowest BCUT2D eigenvalue weighted by atomic mass is 10.0. The molecule has 30 heavy (non-hydrogen) atoms. The summed E-state index contributed by atoms with van der Waals surface area (Å²) >= 11 is 1.43. The molecule has 0 aliphatic carbocycles. The number of benzene rings is 2. The fraction of sp³-hybridized carbons (Fsp3) is 0.273. The fourth-order valence-corrected chi connectivity index (χ4v) is 5.16. The Morgan fingerprint density at radius 3 is 2.43 bits per heavy atom. The number of hydrogen-bond acceptors (Lipinski definition) is 6. The summed E-state index contributed by atoms with van der Waals surface area (Å²) in [6.07, 6.45) is 1.44. The van der Waals surface area contributed by atoms with E-state index in [-0.39, 0.29) is 17.7 Å². The summed E-state index contributed by atoms with van der Waals surface area (Å²) in [4.78, 5) is 10.4. The molecule has 8 heteroatoms. The third-order valence-corrected chi connectivity index (χ3v) is 6.68. The molecule has 6 nitrogen and oxygen atoms in total. The van der Waals surface area contributed by atoms with Gasteiger partial charge in [0, 0.05) is 32.7 Å². The Labute approximate surface area is 177 Å². The minimum atomic E-state index is -0.267. The summed E-state index contributed by atoms with van der Waals surface area (Å²) in [6, 6.07) is 16.9. The molecule has 0 unspecified atom stereocenters. The number of rotatable bonds is 5. The Balaban J connectivity index is 1.40. The van der Waals surface area contributed by atoms with Crippen LogP contribution < -0.4 is 0 Å². The van der Waals surface area contributed by atoms with E-state index in [1.165, 1.54) is 39.9 Å². The lowest BCUT2D eigenvalue weighted by Gasteiger charge is -2.39. The van der Waals surface area contributed by atoms with Crippen molar-refractivity contribution in [3.63, 3.8) is 0 Å². The molecule has 0 saturated carbocycles. The standard InChI is InChI=1S/C22H22FN5OS/c23-18-8-6-17(7-9-18)19(20-21(29)28-22(30-20)24-15-25-28)27-12-10-26(11-13-27)14-16-4-2-1-3-5-16/h1-9,15,19,29H,10-14H2/t19-/m1/s1.